The van der Waals surface area contributed by atoms with Crippen LogP contribution in [0.1, 0.15) is 11.1 Å². The van der Waals surface area contributed by atoms with Gasteiger partial charge in [0.25, 0.3) is 0 Å². The van der Waals surface area contributed by atoms with Crippen LogP contribution in [-0.4, -0.2) is 0 Å². The predicted octanol–water partition coefficient (Wildman–Crippen LogP) is 14.5. The summed E-state index contributed by atoms with van der Waals surface area (Å²) in [6, 6.07) is 67.8. The average Bonchev–Trinajstić information content (AvgIpc) is 3.81. The van der Waals surface area contributed by atoms with Crippen LogP contribution in [0.3, 0.4) is 0 Å². The monoisotopic (exact) mass is 697 g/mol. The zero-order valence-corrected chi connectivity index (χ0v) is 29.9. The summed E-state index contributed by atoms with van der Waals surface area (Å²) in [6.45, 7) is 0. The molecule has 0 radical (unpaired) electrons. The van der Waals surface area contributed by atoms with E-state index in [9.17, 15) is 0 Å². The van der Waals surface area contributed by atoms with E-state index in [0.717, 1.165) is 57.4 Å². The van der Waals surface area contributed by atoms with Crippen LogP contribution in [0.25, 0.3) is 64.4 Å². The number of benzene rings is 8. The van der Waals surface area contributed by atoms with Crippen molar-refractivity contribution in [1.82, 2.24) is 0 Å². The summed E-state index contributed by atoms with van der Waals surface area (Å²) in [6.07, 6.45) is 1.94. The highest BCUT2D eigenvalue weighted by Crippen LogP contribution is 2.50. The molecule has 0 atom stereocenters. The van der Waals surface area contributed by atoms with Gasteiger partial charge in [0.2, 0.25) is 0 Å². The van der Waals surface area contributed by atoms with Gasteiger partial charge < -0.3 is 9.32 Å². The van der Waals surface area contributed by atoms with E-state index in [4.69, 9.17) is 4.42 Å². The Morgan fingerprint density at radius 1 is 0.434 bits per heavy atom. The molecule has 0 fully saturated rings. The number of nitrogens with zero attached hydrogens (tertiary/aromatic N) is 1. The molecule has 0 N–H and O–H groups in total. The first-order valence-electron chi connectivity index (χ1n) is 18.2. The lowest BCUT2D eigenvalue weighted by Gasteiger charge is -2.28. The maximum Gasteiger partial charge on any atom is 0.137 e. The van der Waals surface area contributed by atoms with Gasteiger partial charge in [-0.25, -0.2) is 0 Å². The number of anilines is 3. The summed E-state index contributed by atoms with van der Waals surface area (Å²) in [5, 5.41) is 4.74. The van der Waals surface area contributed by atoms with Gasteiger partial charge in [-0.3, -0.25) is 0 Å². The molecule has 10 rings (SSSR count). The van der Waals surface area contributed by atoms with Crippen LogP contribution in [0.5, 0.6) is 0 Å². The van der Waals surface area contributed by atoms with Gasteiger partial charge in [0.15, 0.2) is 0 Å². The summed E-state index contributed by atoms with van der Waals surface area (Å²) in [5.41, 5.74) is 12.6. The normalized spacial score (nSPS) is 11.5. The second-order valence-electron chi connectivity index (χ2n) is 13.6. The maximum atomic E-state index is 6.68. The summed E-state index contributed by atoms with van der Waals surface area (Å²) < 4.78 is 9.25. The lowest BCUT2D eigenvalue weighted by Crippen LogP contribution is -2.11. The molecule has 2 aromatic heterocycles. The van der Waals surface area contributed by atoms with Gasteiger partial charge in [0, 0.05) is 31.2 Å². The van der Waals surface area contributed by atoms with Gasteiger partial charge in [-0.05, 0) is 94.8 Å². The molecule has 252 valence electrons. The molecule has 3 heteroatoms. The van der Waals surface area contributed by atoms with Crippen LogP contribution in [-0.2, 0) is 12.8 Å². The standard InChI is InChI=1S/C50H35NOS/c1-4-14-34(15-5-1)26-27-35-16-12-21-39(32-35)51(43-23-13-24-45-48(43)41-29-28-38(33-46(41)52-45)36-17-6-2-7-18-36)44-31-30-40(37-19-8-3-9-20-37)50-49(44)42-22-10-11-25-47(42)53-50/h1-25,28-33H,26-27H2. The third-order valence-corrected chi connectivity index (χ3v) is 11.6. The van der Waals surface area contributed by atoms with Crippen LogP contribution in [0, 0.1) is 0 Å². The molecule has 2 heterocycles. The van der Waals surface area contributed by atoms with Crippen LogP contribution in [0.2, 0.25) is 0 Å². The minimum atomic E-state index is 0.875. The van der Waals surface area contributed by atoms with Crippen molar-refractivity contribution in [3.05, 3.63) is 199 Å². The number of furan rings is 1. The highest BCUT2D eigenvalue weighted by atomic mass is 32.1. The number of rotatable bonds is 8. The molecule has 0 amide bonds. The smallest absolute Gasteiger partial charge is 0.137 e. The molecule has 2 nitrogen and oxygen atoms in total. The molecular weight excluding hydrogens is 663 g/mol. The Labute approximate surface area is 312 Å². The third-order valence-electron chi connectivity index (χ3n) is 10.4. The van der Waals surface area contributed by atoms with E-state index in [1.54, 1.807) is 0 Å². The van der Waals surface area contributed by atoms with Crippen molar-refractivity contribution in [2.45, 2.75) is 12.8 Å². The Morgan fingerprint density at radius 3 is 1.94 bits per heavy atom. The quantitative estimate of drug-likeness (QED) is 0.157. The van der Waals surface area contributed by atoms with Crippen molar-refractivity contribution in [1.29, 1.82) is 0 Å². The largest absolute Gasteiger partial charge is 0.456 e. The SMILES string of the molecule is c1ccc(CCc2cccc(N(c3cccc4oc5cc(-c6ccccc6)ccc5c34)c3ccc(-c4ccccc4)c4sc5ccccc5c34)c2)cc1. The third kappa shape index (κ3) is 5.67. The Hall–Kier alpha value is -6.42. The summed E-state index contributed by atoms with van der Waals surface area (Å²) in [4.78, 5) is 2.48. The zero-order valence-electron chi connectivity index (χ0n) is 29.1. The first-order valence-corrected chi connectivity index (χ1v) is 19.0. The van der Waals surface area contributed by atoms with Crippen molar-refractivity contribution in [3.8, 4) is 22.3 Å². The molecule has 8 aromatic carbocycles. The Kier molecular flexibility index (Phi) is 7.85. The van der Waals surface area contributed by atoms with Gasteiger partial charge in [-0.2, -0.15) is 0 Å². The molecule has 0 unspecified atom stereocenters. The molecular formula is C50H35NOS. The van der Waals surface area contributed by atoms with Crippen LogP contribution < -0.4 is 4.90 Å². The summed E-state index contributed by atoms with van der Waals surface area (Å²) in [7, 11) is 0. The van der Waals surface area contributed by atoms with E-state index < -0.39 is 0 Å². The lowest BCUT2D eigenvalue weighted by molar-refractivity contribution is 0.669. The van der Waals surface area contributed by atoms with Gasteiger partial charge in [0.1, 0.15) is 11.2 Å². The van der Waals surface area contributed by atoms with Crippen molar-refractivity contribution >= 4 is 70.5 Å². The Balaban J connectivity index is 1.22. The molecule has 53 heavy (non-hydrogen) atoms. The van der Waals surface area contributed by atoms with E-state index in [2.05, 4.69) is 193 Å². The van der Waals surface area contributed by atoms with Crippen molar-refractivity contribution < 1.29 is 4.42 Å². The minimum absolute atomic E-state index is 0.875. The highest BCUT2D eigenvalue weighted by Gasteiger charge is 2.24. The van der Waals surface area contributed by atoms with E-state index in [0.29, 0.717) is 0 Å². The second-order valence-corrected chi connectivity index (χ2v) is 14.7. The van der Waals surface area contributed by atoms with Gasteiger partial charge in [0.05, 0.1) is 16.8 Å². The van der Waals surface area contributed by atoms with Gasteiger partial charge in [-0.1, -0.05) is 140 Å². The first-order chi connectivity index (χ1) is 26.3. The summed E-state index contributed by atoms with van der Waals surface area (Å²) >= 11 is 1.88. The van der Waals surface area contributed by atoms with E-state index in [1.807, 2.05) is 11.3 Å². The highest BCUT2D eigenvalue weighted by molar-refractivity contribution is 7.26. The maximum absolute atomic E-state index is 6.68. The molecule has 0 aliphatic carbocycles. The molecule has 0 saturated carbocycles. The van der Waals surface area contributed by atoms with Crippen LogP contribution in [0.4, 0.5) is 17.1 Å². The second kappa shape index (κ2) is 13.3. The van der Waals surface area contributed by atoms with Crippen molar-refractivity contribution in [2.24, 2.45) is 0 Å². The number of thiophene rings is 1. The topological polar surface area (TPSA) is 16.4 Å². The van der Waals surface area contributed by atoms with Gasteiger partial charge in [-0.15, -0.1) is 11.3 Å². The molecule has 0 bridgehead atoms. The van der Waals surface area contributed by atoms with Crippen LogP contribution >= 0.6 is 11.3 Å². The molecule has 0 aliphatic rings. The van der Waals surface area contributed by atoms with Crippen molar-refractivity contribution in [3.63, 3.8) is 0 Å². The minimum Gasteiger partial charge on any atom is -0.456 e. The van der Waals surface area contributed by atoms with E-state index in [1.165, 1.54) is 48.0 Å². The number of hydrogen-bond acceptors (Lipinski definition) is 3. The van der Waals surface area contributed by atoms with Crippen molar-refractivity contribution in [2.75, 3.05) is 4.90 Å². The number of fused-ring (bicyclic) bond motifs is 6. The van der Waals surface area contributed by atoms with E-state index in [-0.39, 0.29) is 0 Å². The molecule has 0 spiro atoms. The first kappa shape index (κ1) is 31.3. The lowest BCUT2D eigenvalue weighted by atomic mass is 9.99. The predicted molar refractivity (Wildman–Crippen MR) is 226 cm³/mol. The van der Waals surface area contributed by atoms with Crippen LogP contribution in [0.15, 0.2) is 192 Å². The molecule has 10 aromatic rings. The number of aryl methyl sites for hydroxylation is 2. The zero-order chi connectivity index (χ0) is 35.1. The fourth-order valence-electron chi connectivity index (χ4n) is 7.84. The molecule has 0 saturated heterocycles. The van der Waals surface area contributed by atoms with Gasteiger partial charge >= 0.3 is 0 Å². The fourth-order valence-corrected chi connectivity index (χ4v) is 9.10. The summed E-state index contributed by atoms with van der Waals surface area (Å²) in [5.74, 6) is 0. The Bertz CT molecular complexity index is 2890. The fraction of sp³-hybridized carbons (Fsp3) is 0.0400. The number of hydrogen-bond donors (Lipinski definition) is 0. The average molecular weight is 698 g/mol. The molecule has 0 aliphatic heterocycles. The van der Waals surface area contributed by atoms with E-state index >= 15 is 0 Å². The Morgan fingerprint density at radius 2 is 1.11 bits per heavy atom.